The van der Waals surface area contributed by atoms with Crippen LogP contribution in [-0.4, -0.2) is 42.5 Å². The summed E-state index contributed by atoms with van der Waals surface area (Å²) < 4.78 is 5.55. The van der Waals surface area contributed by atoms with Gasteiger partial charge in [0.25, 0.3) is 0 Å². The molecule has 2 amide bonds. The number of carbonyl (C=O) groups excluding carboxylic acids is 2. The largest absolute Gasteiger partial charge is 0.493 e. The lowest BCUT2D eigenvalue weighted by Crippen LogP contribution is -2.54. The summed E-state index contributed by atoms with van der Waals surface area (Å²) in [5.74, 6) is 0.101. The molecule has 0 radical (unpaired) electrons. The Bertz CT molecular complexity index is 592. The molecule has 1 atom stereocenters. The fraction of sp³-hybridized carbons (Fsp3) is 0.529. The van der Waals surface area contributed by atoms with Crippen molar-refractivity contribution in [2.45, 2.75) is 32.7 Å². The van der Waals surface area contributed by atoms with Crippen LogP contribution >= 0.6 is 12.4 Å². The van der Waals surface area contributed by atoms with Crippen molar-refractivity contribution in [2.75, 3.05) is 19.7 Å². The van der Waals surface area contributed by atoms with E-state index in [2.05, 4.69) is 13.8 Å². The van der Waals surface area contributed by atoms with E-state index in [1.165, 1.54) is 0 Å². The predicted octanol–water partition coefficient (Wildman–Crippen LogP) is 1.56. The fourth-order valence-electron chi connectivity index (χ4n) is 2.74. The number of halogens is 1. The highest BCUT2D eigenvalue weighted by atomic mass is 35.5. The zero-order valence-electron chi connectivity index (χ0n) is 14.2. The highest BCUT2D eigenvalue weighted by molar-refractivity contribution is 5.93. The average Bonchev–Trinajstić information content (AvgIpc) is 2.50. The van der Waals surface area contributed by atoms with Crippen molar-refractivity contribution in [3.05, 3.63) is 29.8 Å². The Morgan fingerprint density at radius 2 is 2.08 bits per heavy atom. The molecule has 1 aliphatic rings. The molecule has 1 unspecified atom stereocenters. The molecule has 24 heavy (non-hydrogen) atoms. The lowest BCUT2D eigenvalue weighted by atomic mass is 9.79. The minimum Gasteiger partial charge on any atom is -0.493 e. The number of ether oxygens (including phenoxy) is 1. The van der Waals surface area contributed by atoms with E-state index in [0.717, 1.165) is 6.42 Å². The number of hydrogen-bond acceptors (Lipinski definition) is 4. The van der Waals surface area contributed by atoms with Gasteiger partial charge in [-0.2, -0.15) is 0 Å². The van der Waals surface area contributed by atoms with E-state index in [9.17, 15) is 9.59 Å². The van der Waals surface area contributed by atoms with Crippen molar-refractivity contribution in [1.82, 2.24) is 4.90 Å². The number of likely N-dealkylation sites (tertiary alicyclic amines) is 1. The molecule has 2 rings (SSSR count). The van der Waals surface area contributed by atoms with E-state index in [1.807, 2.05) is 4.90 Å². The minimum absolute atomic E-state index is 0. The Kier molecular flexibility index (Phi) is 7.05. The third-order valence-corrected chi connectivity index (χ3v) is 4.37. The smallest absolute Gasteiger partial charge is 0.248 e. The van der Waals surface area contributed by atoms with E-state index < -0.39 is 5.91 Å². The summed E-state index contributed by atoms with van der Waals surface area (Å²) >= 11 is 0. The Morgan fingerprint density at radius 3 is 2.71 bits per heavy atom. The normalized spacial score (nSPS) is 19.3. The molecule has 0 aliphatic carbocycles. The molecule has 7 heteroatoms. The van der Waals surface area contributed by atoms with Gasteiger partial charge in [-0.3, -0.25) is 9.59 Å². The second-order valence-electron chi connectivity index (χ2n) is 6.69. The van der Waals surface area contributed by atoms with Crippen LogP contribution in [0.4, 0.5) is 0 Å². The third-order valence-electron chi connectivity index (χ3n) is 4.37. The summed E-state index contributed by atoms with van der Waals surface area (Å²) in [4.78, 5) is 25.3. The molecular formula is C17H26ClN3O3. The Morgan fingerprint density at radius 1 is 1.38 bits per heavy atom. The summed E-state index contributed by atoms with van der Waals surface area (Å²) in [7, 11) is 0. The second-order valence-corrected chi connectivity index (χ2v) is 6.69. The van der Waals surface area contributed by atoms with Crippen molar-refractivity contribution in [3.8, 4) is 5.75 Å². The highest BCUT2D eigenvalue weighted by Crippen LogP contribution is 2.28. The van der Waals surface area contributed by atoms with E-state index in [4.69, 9.17) is 16.2 Å². The number of piperidine rings is 1. The van der Waals surface area contributed by atoms with E-state index in [1.54, 1.807) is 24.3 Å². The van der Waals surface area contributed by atoms with Crippen LogP contribution in [0.2, 0.25) is 0 Å². The molecule has 1 heterocycles. The summed E-state index contributed by atoms with van der Waals surface area (Å²) in [6.07, 6.45) is 1.12. The quantitative estimate of drug-likeness (QED) is 0.837. The van der Waals surface area contributed by atoms with Gasteiger partial charge in [-0.05, 0) is 30.0 Å². The maximum Gasteiger partial charge on any atom is 0.248 e. The van der Waals surface area contributed by atoms with Crippen LogP contribution < -0.4 is 16.2 Å². The number of hydrogen-bond donors (Lipinski definition) is 2. The number of amides is 2. The van der Waals surface area contributed by atoms with Crippen LogP contribution in [0.5, 0.6) is 5.75 Å². The number of nitrogens with two attached hydrogens (primary N) is 2. The van der Waals surface area contributed by atoms with E-state index in [0.29, 0.717) is 30.8 Å². The molecule has 1 saturated heterocycles. The second kappa shape index (κ2) is 8.35. The zero-order valence-corrected chi connectivity index (χ0v) is 15.0. The van der Waals surface area contributed by atoms with Gasteiger partial charge in [-0.15, -0.1) is 12.4 Å². The van der Waals surface area contributed by atoms with Gasteiger partial charge in [0.05, 0.1) is 13.0 Å². The molecule has 0 aromatic heterocycles. The molecule has 0 spiro atoms. The van der Waals surface area contributed by atoms with Crippen molar-refractivity contribution in [1.29, 1.82) is 0 Å². The number of nitrogens with zero attached hydrogens (tertiary/aromatic N) is 1. The minimum atomic E-state index is -0.501. The molecule has 1 aromatic rings. The van der Waals surface area contributed by atoms with Gasteiger partial charge in [0.15, 0.2) is 0 Å². The van der Waals surface area contributed by atoms with Gasteiger partial charge in [0, 0.05) is 24.7 Å². The first-order valence-electron chi connectivity index (χ1n) is 7.85. The molecule has 0 saturated carbocycles. The van der Waals surface area contributed by atoms with Crippen molar-refractivity contribution >= 4 is 24.2 Å². The van der Waals surface area contributed by atoms with Gasteiger partial charge in [-0.25, -0.2) is 0 Å². The van der Waals surface area contributed by atoms with Gasteiger partial charge in [0.2, 0.25) is 11.8 Å². The average molecular weight is 356 g/mol. The van der Waals surface area contributed by atoms with Crippen molar-refractivity contribution in [2.24, 2.45) is 16.9 Å². The number of benzene rings is 1. The maximum absolute atomic E-state index is 12.3. The Labute approximate surface area is 148 Å². The Balaban J connectivity index is 0.00000288. The molecule has 1 fully saturated rings. The van der Waals surface area contributed by atoms with Crippen molar-refractivity contribution in [3.63, 3.8) is 0 Å². The number of rotatable bonds is 5. The molecule has 0 bridgehead atoms. The lowest BCUT2D eigenvalue weighted by molar-refractivity contribution is -0.135. The van der Waals surface area contributed by atoms with E-state index >= 15 is 0 Å². The van der Waals surface area contributed by atoms with Crippen LogP contribution in [-0.2, 0) is 4.79 Å². The number of primary amides is 1. The number of carbonyl (C=O) groups is 2. The monoisotopic (exact) mass is 355 g/mol. The van der Waals surface area contributed by atoms with Crippen LogP contribution in [0.1, 0.15) is 37.0 Å². The maximum atomic E-state index is 12.3. The third kappa shape index (κ3) is 5.11. The lowest BCUT2D eigenvalue weighted by Gasteiger charge is -2.42. The molecule has 1 aromatic carbocycles. The summed E-state index contributed by atoms with van der Waals surface area (Å²) in [5, 5.41) is 0. The van der Waals surface area contributed by atoms with Crippen LogP contribution in [0.25, 0.3) is 0 Å². The summed E-state index contributed by atoms with van der Waals surface area (Å²) in [5.41, 5.74) is 11.6. The molecule has 6 nitrogen and oxygen atoms in total. The molecule has 1 aliphatic heterocycles. The summed E-state index contributed by atoms with van der Waals surface area (Å²) in [6.45, 7) is 5.81. The Hall–Kier alpha value is -1.79. The van der Waals surface area contributed by atoms with Gasteiger partial charge in [0.1, 0.15) is 5.75 Å². The first-order chi connectivity index (χ1) is 10.8. The van der Waals surface area contributed by atoms with Gasteiger partial charge < -0.3 is 21.1 Å². The van der Waals surface area contributed by atoms with Gasteiger partial charge in [-0.1, -0.05) is 19.9 Å². The highest BCUT2D eigenvalue weighted by Gasteiger charge is 2.35. The predicted molar refractivity (Wildman–Crippen MR) is 95.3 cm³/mol. The molecule has 134 valence electrons. The SMILES string of the molecule is CC1(C)CN(C(=O)CCOc2cccc(C(N)=O)c2)CCC1N.Cl. The molecule has 4 N–H and O–H groups in total. The zero-order chi connectivity index (χ0) is 17.0. The topological polar surface area (TPSA) is 98.6 Å². The first kappa shape index (κ1) is 20.3. The summed E-state index contributed by atoms with van der Waals surface area (Å²) in [6, 6.07) is 6.76. The van der Waals surface area contributed by atoms with Crippen molar-refractivity contribution < 1.29 is 14.3 Å². The van der Waals surface area contributed by atoms with Crippen LogP contribution in [0, 0.1) is 5.41 Å². The van der Waals surface area contributed by atoms with Crippen LogP contribution in [0.15, 0.2) is 24.3 Å². The fourth-order valence-corrected chi connectivity index (χ4v) is 2.74. The standard InChI is InChI=1S/C17H25N3O3.ClH/c1-17(2)11-20(8-6-14(17)18)15(21)7-9-23-13-5-3-4-12(10-13)16(19)22;/h3-5,10,14H,6-9,11,18H2,1-2H3,(H2,19,22);1H. The van der Waals surface area contributed by atoms with Crippen LogP contribution in [0.3, 0.4) is 0 Å². The van der Waals surface area contributed by atoms with Gasteiger partial charge >= 0.3 is 0 Å². The molecular weight excluding hydrogens is 330 g/mol. The first-order valence-corrected chi connectivity index (χ1v) is 7.85. The van der Waals surface area contributed by atoms with E-state index in [-0.39, 0.29) is 36.4 Å².